The summed E-state index contributed by atoms with van der Waals surface area (Å²) in [5, 5.41) is 0. The largest absolute Gasteiger partial charge is 0.365 e. The third-order valence-electron chi connectivity index (χ3n) is 2.10. The van der Waals surface area contributed by atoms with Crippen LogP contribution < -0.4 is 0 Å². The standard InChI is InChI=1S/C10H17ClN2/c1-13(8-3-6-11)9-5-10-4-2-7-12-10/h2,4,7,12H,3,5-6,8-9H2,1H3. The van der Waals surface area contributed by atoms with E-state index in [0.29, 0.717) is 0 Å². The Labute approximate surface area is 84.9 Å². The van der Waals surface area contributed by atoms with Crippen LogP contribution in [0.15, 0.2) is 18.3 Å². The first-order valence-electron chi connectivity index (χ1n) is 4.69. The average Bonchev–Trinajstić information content (AvgIpc) is 2.64. The number of hydrogen-bond acceptors (Lipinski definition) is 1. The van der Waals surface area contributed by atoms with Gasteiger partial charge in [0.25, 0.3) is 0 Å². The minimum absolute atomic E-state index is 0.757. The lowest BCUT2D eigenvalue weighted by Gasteiger charge is -2.14. The lowest BCUT2D eigenvalue weighted by molar-refractivity contribution is 0.339. The van der Waals surface area contributed by atoms with Crippen molar-refractivity contribution in [3.63, 3.8) is 0 Å². The van der Waals surface area contributed by atoms with E-state index in [2.05, 4.69) is 23.0 Å². The zero-order chi connectivity index (χ0) is 9.52. The van der Waals surface area contributed by atoms with Crippen LogP contribution in [-0.4, -0.2) is 35.9 Å². The molecule has 1 aromatic rings. The molecule has 3 heteroatoms. The van der Waals surface area contributed by atoms with Crippen LogP contribution >= 0.6 is 11.6 Å². The van der Waals surface area contributed by atoms with E-state index >= 15 is 0 Å². The van der Waals surface area contributed by atoms with Crippen LogP contribution in [0.25, 0.3) is 0 Å². The van der Waals surface area contributed by atoms with Gasteiger partial charge in [0.2, 0.25) is 0 Å². The zero-order valence-electron chi connectivity index (χ0n) is 8.09. The van der Waals surface area contributed by atoms with Crippen LogP contribution in [0.1, 0.15) is 12.1 Å². The second kappa shape index (κ2) is 6.06. The van der Waals surface area contributed by atoms with Crippen molar-refractivity contribution in [3.8, 4) is 0 Å². The first-order valence-corrected chi connectivity index (χ1v) is 5.23. The van der Waals surface area contributed by atoms with Gasteiger partial charge in [0, 0.05) is 30.7 Å². The number of rotatable bonds is 6. The van der Waals surface area contributed by atoms with Crippen LogP contribution in [0.2, 0.25) is 0 Å². The highest BCUT2D eigenvalue weighted by molar-refractivity contribution is 6.17. The second-order valence-electron chi connectivity index (χ2n) is 3.29. The molecular weight excluding hydrogens is 184 g/mol. The molecular formula is C10H17ClN2. The van der Waals surface area contributed by atoms with Gasteiger partial charge >= 0.3 is 0 Å². The van der Waals surface area contributed by atoms with Gasteiger partial charge in [0.15, 0.2) is 0 Å². The number of nitrogens with zero attached hydrogens (tertiary/aromatic N) is 1. The fourth-order valence-corrected chi connectivity index (χ4v) is 1.40. The van der Waals surface area contributed by atoms with E-state index in [1.807, 2.05) is 12.3 Å². The Morgan fingerprint density at radius 1 is 1.46 bits per heavy atom. The molecule has 0 saturated heterocycles. The molecule has 0 fully saturated rings. The summed E-state index contributed by atoms with van der Waals surface area (Å²) >= 11 is 5.61. The van der Waals surface area contributed by atoms with Crippen molar-refractivity contribution < 1.29 is 0 Å². The van der Waals surface area contributed by atoms with Gasteiger partial charge in [-0.15, -0.1) is 11.6 Å². The number of H-pyrrole nitrogens is 1. The quantitative estimate of drug-likeness (QED) is 0.698. The van der Waals surface area contributed by atoms with Crippen LogP contribution in [0.5, 0.6) is 0 Å². The summed E-state index contributed by atoms with van der Waals surface area (Å²) in [5.74, 6) is 0.757. The van der Waals surface area contributed by atoms with Gasteiger partial charge in [-0.05, 0) is 32.1 Å². The van der Waals surface area contributed by atoms with Crippen molar-refractivity contribution in [2.75, 3.05) is 26.0 Å². The smallest absolute Gasteiger partial charge is 0.0235 e. The van der Waals surface area contributed by atoms with Crippen LogP contribution in [-0.2, 0) is 6.42 Å². The van der Waals surface area contributed by atoms with Crippen molar-refractivity contribution in [1.29, 1.82) is 0 Å². The highest BCUT2D eigenvalue weighted by Gasteiger charge is 1.98. The topological polar surface area (TPSA) is 19.0 Å². The number of likely N-dealkylation sites (N-methyl/N-ethyl adjacent to an activating group) is 1. The first kappa shape index (κ1) is 10.6. The predicted molar refractivity (Wildman–Crippen MR) is 57.3 cm³/mol. The molecule has 1 rings (SSSR count). The molecule has 0 aliphatic heterocycles. The van der Waals surface area contributed by atoms with Gasteiger partial charge in [-0.25, -0.2) is 0 Å². The molecule has 13 heavy (non-hydrogen) atoms. The Kier molecular flexibility index (Phi) is 4.94. The summed E-state index contributed by atoms with van der Waals surface area (Å²) in [7, 11) is 2.13. The summed E-state index contributed by atoms with van der Waals surface area (Å²) < 4.78 is 0. The van der Waals surface area contributed by atoms with Crippen LogP contribution in [0, 0.1) is 0 Å². The lowest BCUT2D eigenvalue weighted by atomic mass is 10.3. The number of alkyl halides is 1. The summed E-state index contributed by atoms with van der Waals surface area (Å²) in [6.45, 7) is 2.18. The average molecular weight is 201 g/mol. The molecule has 1 aromatic heterocycles. The van der Waals surface area contributed by atoms with Crippen molar-refractivity contribution in [2.45, 2.75) is 12.8 Å². The van der Waals surface area contributed by atoms with E-state index in [1.54, 1.807) is 0 Å². The molecule has 0 aliphatic carbocycles. The molecule has 0 aliphatic rings. The normalized spacial score (nSPS) is 11.0. The van der Waals surface area contributed by atoms with Crippen molar-refractivity contribution in [2.24, 2.45) is 0 Å². The van der Waals surface area contributed by atoms with Crippen LogP contribution in [0.4, 0.5) is 0 Å². The Balaban J connectivity index is 2.11. The SMILES string of the molecule is CN(CCCCl)CCc1ccc[nH]1. The molecule has 0 spiro atoms. The lowest BCUT2D eigenvalue weighted by Crippen LogP contribution is -2.22. The van der Waals surface area contributed by atoms with Crippen molar-refractivity contribution in [3.05, 3.63) is 24.0 Å². The number of nitrogens with one attached hydrogen (secondary N) is 1. The fourth-order valence-electron chi connectivity index (χ4n) is 1.28. The van der Waals surface area contributed by atoms with E-state index in [1.165, 1.54) is 5.69 Å². The van der Waals surface area contributed by atoms with E-state index in [-0.39, 0.29) is 0 Å². The molecule has 1 heterocycles. The van der Waals surface area contributed by atoms with E-state index in [9.17, 15) is 0 Å². The minimum atomic E-state index is 0.757. The molecule has 0 unspecified atom stereocenters. The molecule has 0 saturated carbocycles. The monoisotopic (exact) mass is 200 g/mol. The third-order valence-corrected chi connectivity index (χ3v) is 2.37. The highest BCUT2D eigenvalue weighted by Crippen LogP contribution is 1.98. The molecule has 0 amide bonds. The molecule has 0 aromatic carbocycles. The summed E-state index contributed by atoms with van der Waals surface area (Å²) in [4.78, 5) is 5.50. The van der Waals surface area contributed by atoms with Gasteiger partial charge in [-0.2, -0.15) is 0 Å². The van der Waals surface area contributed by atoms with Gasteiger partial charge in [0.1, 0.15) is 0 Å². The number of aromatic amines is 1. The van der Waals surface area contributed by atoms with Crippen molar-refractivity contribution >= 4 is 11.6 Å². The molecule has 0 radical (unpaired) electrons. The summed E-state index contributed by atoms with van der Waals surface area (Å²) in [6, 6.07) is 4.16. The number of hydrogen-bond donors (Lipinski definition) is 1. The minimum Gasteiger partial charge on any atom is -0.365 e. The molecule has 0 atom stereocenters. The zero-order valence-corrected chi connectivity index (χ0v) is 8.85. The van der Waals surface area contributed by atoms with Gasteiger partial charge in [-0.1, -0.05) is 0 Å². The van der Waals surface area contributed by atoms with Crippen molar-refractivity contribution in [1.82, 2.24) is 9.88 Å². The maximum Gasteiger partial charge on any atom is 0.0235 e. The van der Waals surface area contributed by atoms with Gasteiger partial charge in [0.05, 0.1) is 0 Å². The second-order valence-corrected chi connectivity index (χ2v) is 3.67. The maximum atomic E-state index is 5.61. The fraction of sp³-hybridized carbons (Fsp3) is 0.600. The Morgan fingerprint density at radius 2 is 2.31 bits per heavy atom. The maximum absolute atomic E-state index is 5.61. The molecule has 0 bridgehead atoms. The molecule has 1 N–H and O–H groups in total. The van der Waals surface area contributed by atoms with Gasteiger partial charge in [-0.3, -0.25) is 0 Å². The third kappa shape index (κ3) is 4.34. The number of halogens is 1. The van der Waals surface area contributed by atoms with E-state index < -0.39 is 0 Å². The first-order chi connectivity index (χ1) is 6.33. The summed E-state index contributed by atoms with van der Waals surface area (Å²) in [6.07, 6.45) is 4.13. The van der Waals surface area contributed by atoms with E-state index in [4.69, 9.17) is 11.6 Å². The Morgan fingerprint density at radius 3 is 2.92 bits per heavy atom. The molecule has 74 valence electrons. The molecule has 2 nitrogen and oxygen atoms in total. The Hall–Kier alpha value is -0.470. The van der Waals surface area contributed by atoms with Gasteiger partial charge < -0.3 is 9.88 Å². The Bertz CT molecular complexity index is 209. The predicted octanol–water partition coefficient (Wildman–Crippen LogP) is 2.12. The number of aromatic nitrogens is 1. The summed E-state index contributed by atoms with van der Waals surface area (Å²) in [5.41, 5.74) is 1.30. The van der Waals surface area contributed by atoms with Crippen LogP contribution in [0.3, 0.4) is 0 Å². The highest BCUT2D eigenvalue weighted by atomic mass is 35.5. The van der Waals surface area contributed by atoms with E-state index in [0.717, 1.165) is 31.8 Å².